The Morgan fingerprint density at radius 2 is 2.23 bits per heavy atom. The molecule has 0 saturated heterocycles. The first kappa shape index (κ1) is 19.0. The molecule has 3 N–H and O–H groups in total. The molecule has 1 aliphatic carbocycles. The molecule has 7 heteroatoms. The zero-order chi connectivity index (χ0) is 18.5. The molecule has 0 unspecified atom stereocenters. The number of aryl methyl sites for hydroxylation is 1. The molecule has 0 spiro atoms. The monoisotopic (exact) mass is 395 g/mol. The molecule has 0 aromatic carbocycles. The van der Waals surface area contributed by atoms with Gasteiger partial charge in [-0.05, 0) is 44.2 Å². The molecule has 2 aromatic rings. The van der Waals surface area contributed by atoms with Crippen LogP contribution in [0.15, 0.2) is 29.8 Å². The van der Waals surface area contributed by atoms with Gasteiger partial charge in [0, 0.05) is 22.4 Å². The number of H-pyrrole nitrogens is 1. The van der Waals surface area contributed by atoms with Gasteiger partial charge in [-0.2, -0.15) is 0 Å². The second-order valence-corrected chi connectivity index (χ2v) is 7.97. The Morgan fingerprint density at radius 1 is 1.38 bits per heavy atom. The first-order valence-corrected chi connectivity index (χ1v) is 9.88. The van der Waals surface area contributed by atoms with E-state index in [0.717, 1.165) is 37.0 Å². The van der Waals surface area contributed by atoms with E-state index in [0.29, 0.717) is 34.0 Å². The number of aliphatic hydroxyl groups excluding tert-OH is 1. The number of hydrogen-bond acceptors (Lipinski definition) is 4. The van der Waals surface area contributed by atoms with E-state index in [9.17, 15) is 9.90 Å². The van der Waals surface area contributed by atoms with Gasteiger partial charge in [-0.1, -0.05) is 23.3 Å². The number of carbonyl (C=O) groups is 1. The molecular formula is C19H22ClNO4S. The van der Waals surface area contributed by atoms with Crippen LogP contribution < -0.4 is 4.74 Å². The molecule has 2 aromatic heterocycles. The van der Waals surface area contributed by atoms with Crippen molar-refractivity contribution < 1.29 is 19.7 Å². The van der Waals surface area contributed by atoms with E-state index < -0.39 is 5.97 Å². The summed E-state index contributed by atoms with van der Waals surface area (Å²) in [6.07, 6.45) is 7.35. The van der Waals surface area contributed by atoms with Gasteiger partial charge in [0.1, 0.15) is 10.0 Å². The Hall–Kier alpha value is -1.76. The minimum atomic E-state index is -0.856. The third kappa shape index (κ3) is 4.69. The lowest BCUT2D eigenvalue weighted by Gasteiger charge is -2.15. The number of aromatic nitrogens is 1. The van der Waals surface area contributed by atoms with E-state index in [2.05, 4.69) is 11.1 Å². The molecule has 0 aliphatic heterocycles. The van der Waals surface area contributed by atoms with Crippen molar-refractivity contribution in [2.24, 2.45) is 5.92 Å². The molecule has 26 heavy (non-hydrogen) atoms. The van der Waals surface area contributed by atoms with Gasteiger partial charge in [0.05, 0.1) is 13.2 Å². The number of allylic oxidation sites excluding steroid dienone is 1. The van der Waals surface area contributed by atoms with Crippen molar-refractivity contribution in [1.82, 2.24) is 4.98 Å². The maximum Gasteiger partial charge on any atom is 0.345 e. The Bertz CT molecular complexity index is 795. The van der Waals surface area contributed by atoms with Crippen molar-refractivity contribution in [3.8, 4) is 5.88 Å². The number of hydrogen-bond donors (Lipinski definition) is 3. The number of halogens is 1. The van der Waals surface area contributed by atoms with Gasteiger partial charge in [-0.3, -0.25) is 0 Å². The Morgan fingerprint density at radius 3 is 2.92 bits per heavy atom. The Kier molecular flexibility index (Phi) is 6.40. The molecule has 0 bridgehead atoms. The van der Waals surface area contributed by atoms with Crippen LogP contribution in [-0.4, -0.2) is 27.8 Å². The summed E-state index contributed by atoms with van der Waals surface area (Å²) >= 11 is 7.33. The molecule has 0 radical (unpaired) electrons. The van der Waals surface area contributed by atoms with E-state index in [1.165, 1.54) is 16.9 Å². The summed E-state index contributed by atoms with van der Waals surface area (Å²) in [5, 5.41) is 18.6. The van der Waals surface area contributed by atoms with Crippen molar-refractivity contribution >= 4 is 28.9 Å². The van der Waals surface area contributed by atoms with E-state index in [1.807, 2.05) is 6.07 Å². The molecule has 2 heterocycles. The maximum absolute atomic E-state index is 10.9. The lowest BCUT2D eigenvalue weighted by molar-refractivity contribution is 0.0702. The zero-order valence-corrected chi connectivity index (χ0v) is 15.9. The normalized spacial score (nSPS) is 16.7. The molecule has 3 rings (SSSR count). The van der Waals surface area contributed by atoms with Crippen molar-refractivity contribution in [2.45, 2.75) is 38.7 Å². The highest BCUT2D eigenvalue weighted by atomic mass is 35.5. The quantitative estimate of drug-likeness (QED) is 0.539. The lowest BCUT2D eigenvalue weighted by Crippen LogP contribution is -2.12. The van der Waals surface area contributed by atoms with Gasteiger partial charge in [0.25, 0.3) is 0 Å². The molecule has 0 saturated carbocycles. The molecule has 0 fully saturated rings. The van der Waals surface area contributed by atoms with Crippen LogP contribution in [0.3, 0.4) is 0 Å². The van der Waals surface area contributed by atoms with Crippen molar-refractivity contribution in [2.75, 3.05) is 6.61 Å². The van der Waals surface area contributed by atoms with Crippen molar-refractivity contribution in [3.63, 3.8) is 0 Å². The number of carboxylic acid groups (broad SMARTS) is 1. The van der Waals surface area contributed by atoms with E-state index >= 15 is 0 Å². The van der Waals surface area contributed by atoms with Crippen molar-refractivity contribution in [1.29, 1.82) is 0 Å². The molecule has 5 nitrogen and oxygen atoms in total. The smallest absolute Gasteiger partial charge is 0.345 e. The summed E-state index contributed by atoms with van der Waals surface area (Å²) in [5.74, 6) is 0.128. The van der Waals surface area contributed by atoms with Gasteiger partial charge >= 0.3 is 5.97 Å². The van der Waals surface area contributed by atoms with Crippen LogP contribution in [0.4, 0.5) is 0 Å². The van der Waals surface area contributed by atoms with Gasteiger partial charge in [-0.15, -0.1) is 11.3 Å². The van der Waals surface area contributed by atoms with Crippen LogP contribution in [0, 0.1) is 5.92 Å². The molecule has 140 valence electrons. The number of aromatic amines is 1. The number of thiophene rings is 1. The minimum absolute atomic E-state index is 0.112. The number of aromatic carboxylic acids is 1. The average molecular weight is 396 g/mol. The summed E-state index contributed by atoms with van der Waals surface area (Å²) in [7, 11) is 0. The first-order chi connectivity index (χ1) is 12.6. The fourth-order valence-electron chi connectivity index (χ4n) is 3.24. The van der Waals surface area contributed by atoms with Gasteiger partial charge in [-0.25, -0.2) is 4.79 Å². The topological polar surface area (TPSA) is 82.6 Å². The SMILES string of the molecule is O=C(O)c1ccc(CCCC2=CCC[C@@H]2COc2cc(CO)c(Cl)[nH]2)s1. The van der Waals surface area contributed by atoms with Gasteiger partial charge < -0.3 is 19.9 Å². The lowest BCUT2D eigenvalue weighted by atomic mass is 9.97. The zero-order valence-electron chi connectivity index (χ0n) is 14.3. The molecule has 1 aliphatic rings. The summed E-state index contributed by atoms with van der Waals surface area (Å²) < 4.78 is 5.82. The second-order valence-electron chi connectivity index (χ2n) is 6.42. The Balaban J connectivity index is 1.46. The number of rotatable bonds is 9. The molecular weight excluding hydrogens is 374 g/mol. The van der Waals surface area contributed by atoms with Gasteiger partial charge in [0.2, 0.25) is 0 Å². The predicted octanol–water partition coefficient (Wildman–Crippen LogP) is 4.66. The second kappa shape index (κ2) is 8.75. The number of nitrogens with one attached hydrogen (secondary N) is 1. The minimum Gasteiger partial charge on any atom is -0.478 e. The van der Waals surface area contributed by atoms with E-state index in [-0.39, 0.29) is 6.61 Å². The fourth-order valence-corrected chi connectivity index (χ4v) is 4.34. The van der Waals surface area contributed by atoms with Crippen LogP contribution in [0.25, 0.3) is 0 Å². The predicted molar refractivity (Wildman–Crippen MR) is 102 cm³/mol. The largest absolute Gasteiger partial charge is 0.478 e. The number of carboxylic acids is 1. The Labute approximate surface area is 161 Å². The summed E-state index contributed by atoms with van der Waals surface area (Å²) in [4.78, 5) is 15.4. The summed E-state index contributed by atoms with van der Waals surface area (Å²) in [5.41, 5.74) is 2.06. The van der Waals surface area contributed by atoms with E-state index in [1.54, 1.807) is 12.1 Å². The molecule has 1 atom stereocenters. The van der Waals surface area contributed by atoms with Crippen LogP contribution in [0.1, 0.15) is 45.8 Å². The average Bonchev–Trinajstić information content (AvgIpc) is 3.33. The highest BCUT2D eigenvalue weighted by Gasteiger charge is 2.20. The van der Waals surface area contributed by atoms with Crippen LogP contribution in [0.5, 0.6) is 5.88 Å². The summed E-state index contributed by atoms with van der Waals surface area (Å²) in [6, 6.07) is 5.32. The third-order valence-corrected chi connectivity index (χ3v) is 6.11. The summed E-state index contributed by atoms with van der Waals surface area (Å²) in [6.45, 7) is 0.481. The van der Waals surface area contributed by atoms with Crippen LogP contribution in [-0.2, 0) is 13.0 Å². The maximum atomic E-state index is 10.9. The standard InChI is InChI=1S/C19H22ClNO4S/c20-18-14(10-22)9-17(21-18)25-11-13-5-1-3-12(13)4-2-6-15-7-8-16(26-15)19(23)24/h3,7-9,13,21-22H,1-2,4-6,10-11H2,(H,23,24)/t13-/m1/s1. The van der Waals surface area contributed by atoms with Gasteiger partial charge in [0.15, 0.2) is 5.88 Å². The fraction of sp³-hybridized carbons (Fsp3) is 0.421. The van der Waals surface area contributed by atoms with Crippen LogP contribution >= 0.6 is 22.9 Å². The number of ether oxygens (including phenoxy) is 1. The first-order valence-electron chi connectivity index (χ1n) is 8.68. The third-order valence-electron chi connectivity index (χ3n) is 4.64. The molecule has 0 amide bonds. The van der Waals surface area contributed by atoms with Crippen LogP contribution in [0.2, 0.25) is 5.15 Å². The highest BCUT2D eigenvalue weighted by Crippen LogP contribution is 2.31. The van der Waals surface area contributed by atoms with Crippen molar-refractivity contribution in [3.05, 3.63) is 50.3 Å². The number of aliphatic hydroxyl groups is 1. The highest BCUT2D eigenvalue weighted by molar-refractivity contribution is 7.13. The van der Waals surface area contributed by atoms with E-state index in [4.69, 9.17) is 21.4 Å².